The molecule has 0 bridgehead atoms. The predicted molar refractivity (Wildman–Crippen MR) is 398 cm³/mol. The number of methoxy groups -OCH3 is 1. The summed E-state index contributed by atoms with van der Waals surface area (Å²) in [5.41, 5.74) is -0.420. The van der Waals surface area contributed by atoms with Crippen molar-refractivity contribution in [2.45, 2.75) is 326 Å². The lowest BCUT2D eigenvalue weighted by Gasteiger charge is -2.12. The van der Waals surface area contributed by atoms with Gasteiger partial charge in [0.25, 0.3) is 0 Å². The number of aliphatic hydroxyl groups is 5. The average molecular weight is 1250 g/mol. The molecule has 2 fully saturated rings. The summed E-state index contributed by atoms with van der Waals surface area (Å²) in [7, 11) is 1.65. The first-order valence-corrected chi connectivity index (χ1v) is 32.4. The van der Waals surface area contributed by atoms with E-state index in [1.165, 1.54) is 12.8 Å². The molecule has 0 aliphatic heterocycles. The Labute approximate surface area is 563 Å². The van der Waals surface area contributed by atoms with E-state index in [0.29, 0.717) is 12.5 Å². The molecule has 6 nitrogen and oxygen atoms in total. The number of ether oxygens (including phenoxy) is 1. The first-order valence-electron chi connectivity index (χ1n) is 32.4. The van der Waals surface area contributed by atoms with Gasteiger partial charge in [-0.2, -0.15) is 0 Å². The van der Waals surface area contributed by atoms with Crippen molar-refractivity contribution in [2.24, 2.45) is 71.4 Å². The van der Waals surface area contributed by atoms with Gasteiger partial charge < -0.3 is 30.3 Å². The van der Waals surface area contributed by atoms with Crippen molar-refractivity contribution in [1.82, 2.24) is 0 Å². The zero-order valence-corrected chi connectivity index (χ0v) is 66.7. The largest absolute Gasteiger partial charge is 0.384 e. The summed E-state index contributed by atoms with van der Waals surface area (Å²) in [5.74, 6) is 60.6. The predicted octanol–water partition coefficient (Wildman–Crippen LogP) is 19.2. The SMILES string of the molecule is CC#CC(C)(C)C.CC(C)(C)C#CC(C)(C)C.CC(C)(C)C#CC(C)(C)O.CC(C)(C)C#CC1(O)CC1.CC(C)(C)C#CC1CC1.CC(C)(C)C#CCO.CC(C)C#CC(C)(C)C.COCC#CC(C)(C)C.C[C@@H](O)C#CC(C)(C)C.C[C@H](O)C#CC(C)(C)C. The molecular weight excluding hydrogens is 1100 g/mol. The lowest BCUT2D eigenvalue weighted by Crippen LogP contribution is -2.16. The number of rotatable bonds is 1. The van der Waals surface area contributed by atoms with E-state index in [2.05, 4.69) is 257 Å². The highest BCUT2D eigenvalue weighted by molar-refractivity contribution is 5.24. The molecule has 2 saturated carbocycles. The summed E-state index contributed by atoms with van der Waals surface area (Å²) in [6.45, 7) is 81.8. The Morgan fingerprint density at radius 3 is 0.822 bits per heavy atom. The topological polar surface area (TPSA) is 110 Å². The van der Waals surface area contributed by atoms with Gasteiger partial charge in [-0.3, -0.25) is 0 Å². The van der Waals surface area contributed by atoms with Gasteiger partial charge in [0.1, 0.15) is 36.6 Å². The van der Waals surface area contributed by atoms with Gasteiger partial charge in [0, 0.05) is 78.5 Å². The van der Waals surface area contributed by atoms with Gasteiger partial charge in [-0.15, -0.1) is 5.92 Å². The van der Waals surface area contributed by atoms with Gasteiger partial charge >= 0.3 is 0 Å². The Morgan fingerprint density at radius 1 is 0.389 bits per heavy atom. The second kappa shape index (κ2) is 46.4. The fourth-order valence-electron chi connectivity index (χ4n) is 3.86. The summed E-state index contributed by atoms with van der Waals surface area (Å²) in [6.07, 6.45) is 3.40. The van der Waals surface area contributed by atoms with Crippen molar-refractivity contribution in [3.8, 4) is 118 Å². The first kappa shape index (κ1) is 102. The van der Waals surface area contributed by atoms with E-state index >= 15 is 0 Å². The summed E-state index contributed by atoms with van der Waals surface area (Å²) in [4.78, 5) is 0. The van der Waals surface area contributed by atoms with Crippen LogP contribution in [0.3, 0.4) is 0 Å². The van der Waals surface area contributed by atoms with Gasteiger partial charge in [0.2, 0.25) is 0 Å². The van der Waals surface area contributed by atoms with Crippen LogP contribution in [0.1, 0.15) is 303 Å². The van der Waals surface area contributed by atoms with E-state index in [1.807, 2.05) is 111 Å². The van der Waals surface area contributed by atoms with Gasteiger partial charge in [0.05, 0.1) is 0 Å². The second-order valence-electron chi connectivity index (χ2n) is 35.0. The maximum Gasteiger partial charge on any atom is 0.125 e. The Balaban J connectivity index is -0.000000139. The number of hydrogen-bond acceptors (Lipinski definition) is 6. The molecule has 90 heavy (non-hydrogen) atoms. The van der Waals surface area contributed by atoms with Crippen LogP contribution in [-0.2, 0) is 4.74 Å². The molecule has 2 aliphatic carbocycles. The highest BCUT2D eigenvalue weighted by atomic mass is 16.5. The molecule has 516 valence electrons. The van der Waals surface area contributed by atoms with Crippen LogP contribution in [0, 0.1) is 190 Å². The van der Waals surface area contributed by atoms with E-state index in [0.717, 1.165) is 18.8 Å². The monoisotopic (exact) mass is 1250 g/mol. The van der Waals surface area contributed by atoms with E-state index in [1.54, 1.807) is 34.8 Å². The Bertz CT molecular complexity index is 2310. The third-order valence-corrected chi connectivity index (χ3v) is 7.95. The summed E-state index contributed by atoms with van der Waals surface area (Å²) in [5, 5.41) is 44.3. The highest BCUT2D eigenvalue weighted by Gasteiger charge is 2.38. The van der Waals surface area contributed by atoms with Crippen molar-refractivity contribution in [2.75, 3.05) is 20.3 Å². The Hall–Kier alpha value is -4.64. The third-order valence-electron chi connectivity index (χ3n) is 7.95. The Morgan fingerprint density at radius 2 is 0.667 bits per heavy atom. The lowest BCUT2D eigenvalue weighted by atomic mass is 9.92. The molecule has 0 amide bonds. The molecular formula is C84H144O6. The minimum atomic E-state index is -0.854. The summed E-state index contributed by atoms with van der Waals surface area (Å²) < 4.78 is 4.76. The minimum Gasteiger partial charge on any atom is -0.384 e. The van der Waals surface area contributed by atoms with Crippen molar-refractivity contribution in [1.29, 1.82) is 0 Å². The molecule has 0 radical (unpaired) electrons. The normalized spacial score (nSPS) is 13.5. The third kappa shape index (κ3) is 141. The molecule has 0 aromatic carbocycles. The van der Waals surface area contributed by atoms with Crippen LogP contribution < -0.4 is 0 Å². The maximum absolute atomic E-state index is 9.32. The number of hydrogen-bond donors (Lipinski definition) is 5. The van der Waals surface area contributed by atoms with Crippen LogP contribution in [0.4, 0.5) is 0 Å². The van der Waals surface area contributed by atoms with Crippen molar-refractivity contribution in [3.05, 3.63) is 0 Å². The maximum atomic E-state index is 9.32. The van der Waals surface area contributed by atoms with E-state index in [4.69, 9.17) is 20.1 Å². The zero-order chi connectivity index (χ0) is 73.9. The van der Waals surface area contributed by atoms with Gasteiger partial charge in [-0.05, 0) is 289 Å². The van der Waals surface area contributed by atoms with Crippen LogP contribution in [-0.4, -0.2) is 69.3 Å². The molecule has 6 heteroatoms. The smallest absolute Gasteiger partial charge is 0.125 e. The second-order valence-corrected chi connectivity index (χ2v) is 35.0. The lowest BCUT2D eigenvalue weighted by molar-refractivity contribution is 0.143. The standard InChI is InChI=1S/C10H18.C9H14O.C9H16O.C9H14.C9H16.3C8H14O.C7H12O.C7H12/c1-9(2,3)7-8-10(4,5)6;1-8(2,3)4-5-9(10)6-7-9;1-8(2,3)6-7-9(4,5)10;1-9(2,3)7-6-8-4-5-8;1-8(2)6-7-9(3,4)5;1-8(2,3)6-5-7-9-4;2*1-7(9)5-6-8(2,3)4;1-7(2,3)5-4-6-8;1-5-6-7(2,3)4/h1-6H3;10H,6-7H2,1-3H3;10H,1-5H3;8H,4-5H2,1-3H3;8H,1-5H3;7H2,1-4H3;2*7,9H,1-4H3;8H,6H2,1-3H3;1-4H3/t;;;;;;2*7-;;/m......10../s1. The quantitative estimate of drug-likeness (QED) is 0.167. The molecule has 0 aromatic rings. The zero-order valence-electron chi connectivity index (χ0n) is 66.7. The average Bonchev–Trinajstić information content (AvgIpc) is 4.24. The molecule has 0 saturated heterocycles. The highest BCUT2D eigenvalue weighted by Crippen LogP contribution is 2.34. The molecule has 0 aromatic heterocycles. The van der Waals surface area contributed by atoms with Gasteiger partial charge in [-0.1, -0.05) is 126 Å². The molecule has 2 atom stereocenters. The van der Waals surface area contributed by atoms with Crippen molar-refractivity contribution >= 4 is 0 Å². The van der Waals surface area contributed by atoms with Crippen molar-refractivity contribution < 1.29 is 30.3 Å². The van der Waals surface area contributed by atoms with Crippen LogP contribution in [0.15, 0.2) is 0 Å². The fourth-order valence-corrected chi connectivity index (χ4v) is 3.86. The first-order chi connectivity index (χ1) is 39.3. The Kier molecular flexibility index (Phi) is 52.4. The van der Waals surface area contributed by atoms with Crippen LogP contribution in [0.5, 0.6) is 0 Å². The van der Waals surface area contributed by atoms with Crippen LogP contribution in [0.25, 0.3) is 0 Å². The molecule has 2 rings (SSSR count). The van der Waals surface area contributed by atoms with E-state index in [9.17, 15) is 10.2 Å². The number of aliphatic hydroxyl groups excluding tert-OH is 3. The fraction of sp³-hybridized carbons (Fsp3) is 0.762. The molecule has 0 unspecified atom stereocenters. The van der Waals surface area contributed by atoms with E-state index < -0.39 is 23.4 Å². The summed E-state index contributed by atoms with van der Waals surface area (Å²) >= 11 is 0. The van der Waals surface area contributed by atoms with Crippen LogP contribution in [0.2, 0.25) is 0 Å². The van der Waals surface area contributed by atoms with Gasteiger partial charge in [0.15, 0.2) is 0 Å². The van der Waals surface area contributed by atoms with E-state index in [-0.39, 0.29) is 66.2 Å². The molecule has 2 aliphatic rings. The molecule has 0 heterocycles. The van der Waals surface area contributed by atoms with Crippen LogP contribution >= 0.6 is 0 Å². The van der Waals surface area contributed by atoms with Crippen molar-refractivity contribution in [3.63, 3.8) is 0 Å². The summed E-state index contributed by atoms with van der Waals surface area (Å²) in [6, 6.07) is 0. The molecule has 5 N–H and O–H groups in total. The molecule has 0 spiro atoms. The minimum absolute atomic E-state index is 0.0109. The van der Waals surface area contributed by atoms with Gasteiger partial charge in [-0.25, -0.2) is 0 Å².